The number of hydrogen-bond acceptors (Lipinski definition) is 5. The SMILES string of the molecule is CC(C(N)=O)n1c(SCC(=O)O)nc2cc(Br)cnc21. The Hall–Kier alpha value is -1.61. The van der Waals surface area contributed by atoms with Crippen molar-refractivity contribution in [3.63, 3.8) is 0 Å². The van der Waals surface area contributed by atoms with Crippen LogP contribution in [-0.2, 0) is 9.59 Å². The highest BCUT2D eigenvalue weighted by molar-refractivity contribution is 9.10. The van der Waals surface area contributed by atoms with Crippen LogP contribution in [-0.4, -0.2) is 37.3 Å². The van der Waals surface area contributed by atoms with Crippen LogP contribution in [0.15, 0.2) is 21.9 Å². The summed E-state index contributed by atoms with van der Waals surface area (Å²) in [6.07, 6.45) is 1.58. The van der Waals surface area contributed by atoms with E-state index in [1.807, 2.05) is 0 Å². The van der Waals surface area contributed by atoms with Crippen LogP contribution in [0.25, 0.3) is 11.2 Å². The van der Waals surface area contributed by atoms with Gasteiger partial charge in [0.25, 0.3) is 0 Å². The van der Waals surface area contributed by atoms with Gasteiger partial charge in [0.1, 0.15) is 11.6 Å². The minimum atomic E-state index is -0.963. The van der Waals surface area contributed by atoms with Gasteiger partial charge in [-0.05, 0) is 28.9 Å². The summed E-state index contributed by atoms with van der Waals surface area (Å²) < 4.78 is 2.30. The third-order valence-corrected chi connectivity index (χ3v) is 3.96. The number of hydrogen-bond donors (Lipinski definition) is 2. The van der Waals surface area contributed by atoms with E-state index in [1.165, 1.54) is 0 Å². The maximum atomic E-state index is 11.4. The molecular weight excluding hydrogens is 348 g/mol. The highest BCUT2D eigenvalue weighted by atomic mass is 79.9. The Morgan fingerprint density at radius 1 is 1.60 bits per heavy atom. The average molecular weight is 359 g/mol. The number of aromatic nitrogens is 3. The minimum Gasteiger partial charge on any atom is -0.481 e. The van der Waals surface area contributed by atoms with Gasteiger partial charge in [-0.2, -0.15) is 0 Å². The molecule has 20 heavy (non-hydrogen) atoms. The molecule has 0 aromatic carbocycles. The van der Waals surface area contributed by atoms with E-state index in [0.29, 0.717) is 16.3 Å². The molecule has 1 unspecified atom stereocenters. The van der Waals surface area contributed by atoms with Crippen molar-refractivity contribution in [1.29, 1.82) is 0 Å². The lowest BCUT2D eigenvalue weighted by Gasteiger charge is -2.12. The number of carboxylic acids is 1. The summed E-state index contributed by atoms with van der Waals surface area (Å²) in [5, 5.41) is 9.16. The third kappa shape index (κ3) is 2.93. The van der Waals surface area contributed by atoms with E-state index in [2.05, 4.69) is 25.9 Å². The first kappa shape index (κ1) is 14.8. The summed E-state index contributed by atoms with van der Waals surface area (Å²) in [5.74, 6) is -1.66. The predicted octanol–water partition coefficient (Wildman–Crippen LogP) is 1.42. The second-order valence-electron chi connectivity index (χ2n) is 4.02. The zero-order chi connectivity index (χ0) is 14.9. The van der Waals surface area contributed by atoms with E-state index in [9.17, 15) is 9.59 Å². The molecule has 3 N–H and O–H groups in total. The van der Waals surface area contributed by atoms with Gasteiger partial charge in [0.15, 0.2) is 10.8 Å². The van der Waals surface area contributed by atoms with Crippen LogP contribution in [0.3, 0.4) is 0 Å². The maximum Gasteiger partial charge on any atom is 0.313 e. The Bertz CT molecular complexity index is 688. The average Bonchev–Trinajstić information content (AvgIpc) is 2.72. The number of nitrogens with two attached hydrogens (primary N) is 1. The van der Waals surface area contributed by atoms with Crippen LogP contribution in [0.4, 0.5) is 0 Å². The molecule has 0 saturated heterocycles. The number of carboxylic acid groups (broad SMARTS) is 1. The summed E-state index contributed by atoms with van der Waals surface area (Å²) in [6, 6.07) is 1.09. The minimum absolute atomic E-state index is 0.157. The lowest BCUT2D eigenvalue weighted by atomic mass is 10.3. The summed E-state index contributed by atoms with van der Waals surface area (Å²) in [6.45, 7) is 1.62. The number of carbonyl (C=O) groups excluding carboxylic acids is 1. The summed E-state index contributed by atoms with van der Waals surface area (Å²) >= 11 is 4.31. The van der Waals surface area contributed by atoms with Gasteiger partial charge in [-0.15, -0.1) is 0 Å². The lowest BCUT2D eigenvalue weighted by molar-refractivity contribution is -0.133. The molecule has 7 nitrogen and oxygen atoms in total. The molecule has 1 amide bonds. The monoisotopic (exact) mass is 358 g/mol. The van der Waals surface area contributed by atoms with E-state index >= 15 is 0 Å². The number of pyridine rings is 1. The first-order valence-corrected chi connectivity index (χ1v) is 7.35. The molecule has 0 fully saturated rings. The van der Waals surface area contributed by atoms with Crippen LogP contribution < -0.4 is 5.73 Å². The Morgan fingerprint density at radius 3 is 2.90 bits per heavy atom. The van der Waals surface area contributed by atoms with Crippen molar-refractivity contribution in [2.45, 2.75) is 18.1 Å². The van der Waals surface area contributed by atoms with Gasteiger partial charge in [-0.1, -0.05) is 11.8 Å². The zero-order valence-electron chi connectivity index (χ0n) is 10.4. The van der Waals surface area contributed by atoms with Gasteiger partial charge in [0.05, 0.1) is 5.75 Å². The third-order valence-electron chi connectivity index (χ3n) is 2.59. The highest BCUT2D eigenvalue weighted by Gasteiger charge is 2.21. The normalized spacial score (nSPS) is 12.5. The standard InChI is InChI=1S/C11H11BrN4O3S/c1-5(9(13)19)16-10-7(2-6(12)3-14-10)15-11(16)20-4-8(17)18/h2-3,5H,4H2,1H3,(H2,13,19)(H,17,18). The molecule has 0 aliphatic heterocycles. The van der Waals surface area contributed by atoms with Crippen LogP contribution in [0, 0.1) is 0 Å². The second kappa shape index (κ2) is 5.80. The number of nitrogens with zero attached hydrogens (tertiary/aromatic N) is 3. The molecule has 106 valence electrons. The maximum absolute atomic E-state index is 11.4. The number of thioether (sulfide) groups is 1. The molecule has 0 aliphatic carbocycles. The van der Waals surface area contributed by atoms with E-state index < -0.39 is 17.9 Å². The smallest absolute Gasteiger partial charge is 0.313 e. The molecule has 2 rings (SSSR count). The first-order chi connectivity index (χ1) is 9.40. The number of amides is 1. The van der Waals surface area contributed by atoms with Gasteiger partial charge in [-0.25, -0.2) is 9.97 Å². The molecule has 0 saturated carbocycles. The van der Waals surface area contributed by atoms with Crippen LogP contribution in [0.1, 0.15) is 13.0 Å². The molecule has 9 heteroatoms. The summed E-state index contributed by atoms with van der Waals surface area (Å²) in [5.41, 5.74) is 6.39. The molecule has 2 aromatic rings. The van der Waals surface area contributed by atoms with Crippen molar-refractivity contribution < 1.29 is 14.7 Å². The molecule has 0 aliphatic rings. The van der Waals surface area contributed by atoms with Crippen molar-refractivity contribution in [3.05, 3.63) is 16.7 Å². The topological polar surface area (TPSA) is 111 Å². The molecule has 0 radical (unpaired) electrons. The zero-order valence-corrected chi connectivity index (χ0v) is 12.8. The highest BCUT2D eigenvalue weighted by Crippen LogP contribution is 2.28. The van der Waals surface area contributed by atoms with Crippen molar-refractivity contribution in [3.8, 4) is 0 Å². The van der Waals surface area contributed by atoms with Crippen molar-refractivity contribution in [2.75, 3.05) is 5.75 Å². The van der Waals surface area contributed by atoms with Crippen molar-refractivity contribution in [1.82, 2.24) is 14.5 Å². The Balaban J connectivity index is 2.56. The van der Waals surface area contributed by atoms with Crippen LogP contribution in [0.5, 0.6) is 0 Å². The number of rotatable bonds is 5. The van der Waals surface area contributed by atoms with E-state index in [-0.39, 0.29) is 5.75 Å². The number of primary amides is 1. The largest absolute Gasteiger partial charge is 0.481 e. The Kier molecular flexibility index (Phi) is 4.29. The van der Waals surface area contributed by atoms with Crippen LogP contribution >= 0.6 is 27.7 Å². The first-order valence-electron chi connectivity index (χ1n) is 5.57. The fraction of sp³-hybridized carbons (Fsp3) is 0.273. The Labute approximate surface area is 126 Å². The predicted molar refractivity (Wildman–Crippen MR) is 77.5 cm³/mol. The second-order valence-corrected chi connectivity index (χ2v) is 5.88. The van der Waals surface area contributed by atoms with Gasteiger partial charge in [0, 0.05) is 10.7 Å². The van der Waals surface area contributed by atoms with Gasteiger partial charge < -0.3 is 10.8 Å². The van der Waals surface area contributed by atoms with E-state index in [1.54, 1.807) is 23.8 Å². The Morgan fingerprint density at radius 2 is 2.30 bits per heavy atom. The fourth-order valence-electron chi connectivity index (χ4n) is 1.64. The molecular formula is C11H11BrN4O3S. The molecule has 2 heterocycles. The molecule has 1 atom stereocenters. The molecule has 2 aromatic heterocycles. The molecule has 0 spiro atoms. The summed E-state index contributed by atoms with van der Waals surface area (Å²) in [4.78, 5) is 30.6. The van der Waals surface area contributed by atoms with Crippen molar-refractivity contribution in [2.24, 2.45) is 5.73 Å². The van der Waals surface area contributed by atoms with Gasteiger partial charge in [0.2, 0.25) is 5.91 Å². The lowest BCUT2D eigenvalue weighted by Crippen LogP contribution is -2.24. The quantitative estimate of drug-likeness (QED) is 0.781. The van der Waals surface area contributed by atoms with E-state index in [4.69, 9.17) is 10.8 Å². The summed E-state index contributed by atoms with van der Waals surface area (Å²) in [7, 11) is 0. The molecule has 0 bridgehead atoms. The van der Waals surface area contributed by atoms with Crippen molar-refractivity contribution >= 4 is 50.7 Å². The number of fused-ring (bicyclic) bond motifs is 1. The fourth-order valence-corrected chi connectivity index (χ4v) is 2.76. The number of imidazole rings is 1. The number of aliphatic carboxylic acids is 1. The van der Waals surface area contributed by atoms with Gasteiger partial charge >= 0.3 is 5.97 Å². The van der Waals surface area contributed by atoms with Gasteiger partial charge in [-0.3, -0.25) is 14.2 Å². The number of halogens is 1. The number of carbonyl (C=O) groups is 2. The van der Waals surface area contributed by atoms with Crippen LogP contribution in [0.2, 0.25) is 0 Å². The van der Waals surface area contributed by atoms with E-state index in [0.717, 1.165) is 16.2 Å².